The van der Waals surface area contributed by atoms with E-state index in [-0.39, 0.29) is 0 Å². The summed E-state index contributed by atoms with van der Waals surface area (Å²) in [4.78, 5) is 16.9. The maximum Gasteiger partial charge on any atom is 0.137 e. The minimum atomic E-state index is 0.606. The molecule has 3 heterocycles. The van der Waals surface area contributed by atoms with Crippen LogP contribution in [0, 0.1) is 0 Å². The third-order valence-electron chi connectivity index (χ3n) is 3.05. The van der Waals surface area contributed by atoms with E-state index in [0.29, 0.717) is 28.5 Å². The average molecular weight is 302 g/mol. The van der Waals surface area contributed by atoms with Crippen molar-refractivity contribution in [2.45, 2.75) is 6.92 Å². The maximum atomic E-state index is 4.35. The molecule has 0 aliphatic rings. The van der Waals surface area contributed by atoms with Crippen LogP contribution in [0.5, 0.6) is 0 Å². The Morgan fingerprint density at radius 2 is 1.39 bits per heavy atom. The summed E-state index contributed by atoms with van der Waals surface area (Å²) in [7, 11) is 0. The number of pyridine rings is 2. The molecule has 0 bridgehead atoms. The SMILES string of the molecule is C/C(=N\N=C(c1ccccn1)c1ccccn1)c1cnccn1. The lowest BCUT2D eigenvalue weighted by Crippen LogP contribution is -2.08. The van der Waals surface area contributed by atoms with Gasteiger partial charge in [-0.1, -0.05) is 12.1 Å². The summed E-state index contributed by atoms with van der Waals surface area (Å²) in [5.74, 6) is 0. The van der Waals surface area contributed by atoms with Gasteiger partial charge in [-0.2, -0.15) is 5.10 Å². The van der Waals surface area contributed by atoms with Gasteiger partial charge >= 0.3 is 0 Å². The molecule has 0 aliphatic carbocycles. The summed E-state index contributed by atoms with van der Waals surface area (Å²) in [5.41, 5.74) is 3.37. The highest BCUT2D eigenvalue weighted by atomic mass is 15.2. The summed E-state index contributed by atoms with van der Waals surface area (Å²) in [6.07, 6.45) is 8.32. The van der Waals surface area contributed by atoms with Crippen molar-refractivity contribution in [1.82, 2.24) is 19.9 Å². The molecule has 6 nitrogen and oxygen atoms in total. The Morgan fingerprint density at radius 1 is 0.739 bits per heavy atom. The van der Waals surface area contributed by atoms with Gasteiger partial charge in [-0.05, 0) is 31.2 Å². The largest absolute Gasteiger partial charge is 0.261 e. The number of nitrogens with zero attached hydrogens (tertiary/aromatic N) is 6. The second-order valence-corrected chi connectivity index (χ2v) is 4.65. The smallest absolute Gasteiger partial charge is 0.137 e. The zero-order valence-electron chi connectivity index (χ0n) is 12.5. The lowest BCUT2D eigenvalue weighted by Gasteiger charge is -2.03. The van der Waals surface area contributed by atoms with Crippen molar-refractivity contribution in [3.05, 3.63) is 84.5 Å². The standard InChI is InChI=1S/C17H14N6/c1-13(16-12-18-10-11-21-16)22-23-17(14-6-2-4-8-19-14)15-7-3-5-9-20-15/h2-12H,1H3/b22-13+. The van der Waals surface area contributed by atoms with Crippen molar-refractivity contribution >= 4 is 11.4 Å². The van der Waals surface area contributed by atoms with Crippen molar-refractivity contribution in [2.24, 2.45) is 10.2 Å². The molecule has 0 saturated heterocycles. The van der Waals surface area contributed by atoms with Gasteiger partial charge in [0.05, 0.1) is 23.3 Å². The first-order valence-corrected chi connectivity index (χ1v) is 7.06. The predicted octanol–water partition coefficient (Wildman–Crippen LogP) is 2.53. The summed E-state index contributed by atoms with van der Waals surface area (Å²) >= 11 is 0. The molecule has 0 aliphatic heterocycles. The van der Waals surface area contributed by atoms with E-state index in [2.05, 4.69) is 30.1 Å². The molecule has 0 unspecified atom stereocenters. The first kappa shape index (κ1) is 14.6. The highest BCUT2D eigenvalue weighted by Gasteiger charge is 2.09. The minimum Gasteiger partial charge on any atom is -0.261 e. The first-order chi connectivity index (χ1) is 11.3. The van der Waals surface area contributed by atoms with Crippen molar-refractivity contribution in [3.63, 3.8) is 0 Å². The molecule has 0 aromatic carbocycles. The molecule has 23 heavy (non-hydrogen) atoms. The summed E-state index contributed by atoms with van der Waals surface area (Å²) in [6.45, 7) is 1.84. The number of rotatable bonds is 4. The zero-order valence-corrected chi connectivity index (χ0v) is 12.5. The molecule has 0 radical (unpaired) electrons. The van der Waals surface area contributed by atoms with Crippen molar-refractivity contribution in [2.75, 3.05) is 0 Å². The van der Waals surface area contributed by atoms with E-state index < -0.39 is 0 Å². The van der Waals surface area contributed by atoms with Crippen LogP contribution in [0.4, 0.5) is 0 Å². The van der Waals surface area contributed by atoms with Gasteiger partial charge in [0.15, 0.2) is 0 Å². The van der Waals surface area contributed by atoms with Gasteiger partial charge in [0.1, 0.15) is 11.4 Å². The van der Waals surface area contributed by atoms with Gasteiger partial charge in [0, 0.05) is 24.8 Å². The van der Waals surface area contributed by atoms with Gasteiger partial charge in [-0.25, -0.2) is 0 Å². The molecule has 0 spiro atoms. The molecule has 0 N–H and O–H groups in total. The molecule has 0 atom stereocenters. The second kappa shape index (κ2) is 7.13. The molecule has 3 aromatic heterocycles. The van der Waals surface area contributed by atoms with E-state index in [1.165, 1.54) is 0 Å². The fraction of sp³-hybridized carbons (Fsp3) is 0.0588. The molecular weight excluding hydrogens is 288 g/mol. The summed E-state index contributed by atoms with van der Waals surface area (Å²) < 4.78 is 0. The fourth-order valence-electron chi connectivity index (χ4n) is 1.90. The highest BCUT2D eigenvalue weighted by molar-refractivity contribution is 6.10. The molecule has 112 valence electrons. The Bertz CT molecular complexity index is 772. The van der Waals surface area contributed by atoms with Gasteiger partial charge in [-0.15, -0.1) is 5.10 Å². The van der Waals surface area contributed by atoms with Crippen molar-refractivity contribution < 1.29 is 0 Å². The highest BCUT2D eigenvalue weighted by Crippen LogP contribution is 2.07. The molecule has 3 rings (SSSR count). The van der Waals surface area contributed by atoms with Crippen LogP contribution in [0.25, 0.3) is 0 Å². The Morgan fingerprint density at radius 3 is 1.91 bits per heavy atom. The van der Waals surface area contributed by atoms with Crippen LogP contribution in [0.15, 0.2) is 77.6 Å². The summed E-state index contributed by atoms with van der Waals surface area (Å²) in [6, 6.07) is 11.3. The number of hydrogen-bond donors (Lipinski definition) is 0. The van der Waals surface area contributed by atoms with Gasteiger partial charge in [-0.3, -0.25) is 19.9 Å². The van der Waals surface area contributed by atoms with E-state index in [0.717, 1.165) is 0 Å². The maximum absolute atomic E-state index is 4.35. The minimum absolute atomic E-state index is 0.606. The molecular formula is C17H14N6. The molecule has 0 amide bonds. The Labute approximate surface area is 133 Å². The normalized spacial score (nSPS) is 11.1. The van der Waals surface area contributed by atoms with Gasteiger partial charge < -0.3 is 0 Å². The third-order valence-corrected chi connectivity index (χ3v) is 3.05. The number of aromatic nitrogens is 4. The van der Waals surface area contributed by atoms with Gasteiger partial charge in [0.25, 0.3) is 0 Å². The fourth-order valence-corrected chi connectivity index (χ4v) is 1.90. The molecule has 6 heteroatoms. The van der Waals surface area contributed by atoms with E-state index in [1.807, 2.05) is 43.3 Å². The topological polar surface area (TPSA) is 76.3 Å². The van der Waals surface area contributed by atoms with E-state index in [1.54, 1.807) is 31.0 Å². The van der Waals surface area contributed by atoms with E-state index >= 15 is 0 Å². The second-order valence-electron chi connectivity index (χ2n) is 4.65. The van der Waals surface area contributed by atoms with E-state index in [9.17, 15) is 0 Å². The third kappa shape index (κ3) is 3.68. The molecule has 0 fully saturated rings. The lowest BCUT2D eigenvalue weighted by atomic mass is 10.1. The Balaban J connectivity index is 2.02. The molecule has 0 saturated carbocycles. The van der Waals surface area contributed by atoms with Crippen LogP contribution in [0.1, 0.15) is 24.0 Å². The predicted molar refractivity (Wildman–Crippen MR) is 88.4 cm³/mol. The van der Waals surface area contributed by atoms with E-state index in [4.69, 9.17) is 0 Å². The van der Waals surface area contributed by atoms with Crippen LogP contribution in [-0.4, -0.2) is 31.4 Å². The lowest BCUT2D eigenvalue weighted by molar-refractivity contribution is 1.14. The summed E-state index contributed by atoms with van der Waals surface area (Å²) in [5, 5.41) is 8.62. The first-order valence-electron chi connectivity index (χ1n) is 7.06. The monoisotopic (exact) mass is 302 g/mol. The van der Waals surface area contributed by atoms with Crippen LogP contribution in [0.2, 0.25) is 0 Å². The van der Waals surface area contributed by atoms with Crippen LogP contribution in [0.3, 0.4) is 0 Å². The van der Waals surface area contributed by atoms with Crippen molar-refractivity contribution in [3.8, 4) is 0 Å². The van der Waals surface area contributed by atoms with Crippen molar-refractivity contribution in [1.29, 1.82) is 0 Å². The zero-order chi connectivity index (χ0) is 15.9. The van der Waals surface area contributed by atoms with Crippen LogP contribution < -0.4 is 0 Å². The van der Waals surface area contributed by atoms with Crippen LogP contribution in [-0.2, 0) is 0 Å². The van der Waals surface area contributed by atoms with Gasteiger partial charge in [0.2, 0.25) is 0 Å². The van der Waals surface area contributed by atoms with Crippen LogP contribution >= 0.6 is 0 Å². The Hall–Kier alpha value is -3.28. The average Bonchev–Trinajstić information content (AvgIpc) is 2.64. The molecule has 3 aromatic rings. The number of hydrogen-bond acceptors (Lipinski definition) is 6. The Kier molecular flexibility index (Phi) is 4.54. The quantitative estimate of drug-likeness (QED) is 0.548.